The zero-order chi connectivity index (χ0) is 13.2. The molecular weight excluding hydrogens is 244 g/mol. The van der Waals surface area contributed by atoms with Crippen molar-refractivity contribution in [3.63, 3.8) is 0 Å². The van der Waals surface area contributed by atoms with Gasteiger partial charge < -0.3 is 5.32 Å². The molecule has 1 aromatic carbocycles. The van der Waals surface area contributed by atoms with Crippen molar-refractivity contribution in [2.45, 2.75) is 13.0 Å². The Kier molecular flexibility index (Phi) is 2.71. The first-order valence-corrected chi connectivity index (χ1v) is 5.84. The maximum Gasteiger partial charge on any atom is 0.251 e. The lowest BCUT2D eigenvalue weighted by molar-refractivity contribution is 0.0940. The van der Waals surface area contributed by atoms with Crippen molar-refractivity contribution in [1.82, 2.24) is 30.9 Å². The summed E-state index contributed by atoms with van der Waals surface area (Å²) >= 11 is 0. The number of nitrogens with zero attached hydrogens (tertiary/aromatic N) is 3. The number of rotatable bonds is 3. The van der Waals surface area contributed by atoms with E-state index < -0.39 is 0 Å². The number of fused-ring (bicyclic) bond motifs is 1. The molecule has 0 saturated heterocycles. The van der Waals surface area contributed by atoms with E-state index in [0.29, 0.717) is 11.1 Å². The molecule has 0 saturated carbocycles. The molecule has 3 rings (SSSR count). The van der Waals surface area contributed by atoms with Crippen LogP contribution in [0.3, 0.4) is 0 Å². The molecule has 3 aromatic rings. The Morgan fingerprint density at radius 2 is 2.16 bits per heavy atom. The summed E-state index contributed by atoms with van der Waals surface area (Å²) in [7, 11) is 0. The van der Waals surface area contributed by atoms with Crippen LogP contribution < -0.4 is 5.32 Å². The Morgan fingerprint density at radius 1 is 1.32 bits per heavy atom. The van der Waals surface area contributed by atoms with Crippen molar-refractivity contribution in [3.05, 3.63) is 41.7 Å². The van der Waals surface area contributed by atoms with Gasteiger partial charge >= 0.3 is 0 Å². The van der Waals surface area contributed by atoms with Crippen LogP contribution in [-0.2, 0) is 0 Å². The van der Waals surface area contributed by atoms with E-state index in [2.05, 4.69) is 30.9 Å². The molecule has 2 aromatic heterocycles. The molecule has 1 amide bonds. The van der Waals surface area contributed by atoms with Crippen LogP contribution in [0.2, 0.25) is 0 Å². The number of aromatic amines is 2. The molecule has 3 N–H and O–H groups in total. The van der Waals surface area contributed by atoms with E-state index in [4.69, 9.17) is 0 Å². The quantitative estimate of drug-likeness (QED) is 0.655. The van der Waals surface area contributed by atoms with Gasteiger partial charge in [0, 0.05) is 17.3 Å². The van der Waals surface area contributed by atoms with E-state index in [1.165, 1.54) is 0 Å². The van der Waals surface area contributed by atoms with E-state index in [1.807, 2.05) is 6.92 Å². The number of carbonyl (C=O) groups is 1. The van der Waals surface area contributed by atoms with Gasteiger partial charge in [0.25, 0.3) is 5.91 Å². The number of carbonyl (C=O) groups excluding carboxylic acids is 1. The van der Waals surface area contributed by atoms with Gasteiger partial charge in [-0.2, -0.15) is 20.5 Å². The number of benzene rings is 1. The molecule has 0 spiro atoms. The standard InChI is InChI=1S/C12H12N6O/c1-7(9-5-13-14-6-9)15-12(19)8-2-3-10-11(4-8)17-18-16-10/h2-7H,1H3,(H,13,14)(H,15,19)(H,16,17,18). The van der Waals surface area contributed by atoms with Gasteiger partial charge in [0.05, 0.1) is 12.2 Å². The molecule has 1 atom stereocenters. The Hall–Kier alpha value is -2.70. The van der Waals surface area contributed by atoms with E-state index in [9.17, 15) is 4.79 Å². The van der Waals surface area contributed by atoms with Gasteiger partial charge in [-0.3, -0.25) is 9.89 Å². The highest BCUT2D eigenvalue weighted by Crippen LogP contribution is 2.13. The molecule has 2 heterocycles. The molecule has 7 heteroatoms. The van der Waals surface area contributed by atoms with Crippen molar-refractivity contribution >= 4 is 16.9 Å². The third-order valence-corrected chi connectivity index (χ3v) is 2.95. The minimum atomic E-state index is -0.154. The van der Waals surface area contributed by atoms with Gasteiger partial charge in [0.1, 0.15) is 11.0 Å². The van der Waals surface area contributed by atoms with Crippen molar-refractivity contribution in [2.24, 2.45) is 0 Å². The molecule has 96 valence electrons. The average molecular weight is 256 g/mol. The summed E-state index contributed by atoms with van der Waals surface area (Å²) in [6.45, 7) is 1.90. The van der Waals surface area contributed by atoms with Crippen LogP contribution in [0, 0.1) is 0 Å². The smallest absolute Gasteiger partial charge is 0.251 e. The zero-order valence-electron chi connectivity index (χ0n) is 10.2. The predicted molar refractivity (Wildman–Crippen MR) is 68.4 cm³/mol. The molecule has 0 aliphatic rings. The molecule has 0 aliphatic heterocycles. The second-order valence-corrected chi connectivity index (χ2v) is 4.25. The van der Waals surface area contributed by atoms with Crippen LogP contribution >= 0.6 is 0 Å². The SMILES string of the molecule is CC(NC(=O)c1ccc2n[nH]nc2c1)c1cn[nH]c1. The number of hydrogen-bond acceptors (Lipinski definition) is 4. The lowest BCUT2D eigenvalue weighted by Gasteiger charge is -2.11. The first-order chi connectivity index (χ1) is 9.24. The summed E-state index contributed by atoms with van der Waals surface area (Å²) in [6.07, 6.45) is 3.44. The van der Waals surface area contributed by atoms with E-state index in [0.717, 1.165) is 11.1 Å². The number of nitrogens with one attached hydrogen (secondary N) is 3. The van der Waals surface area contributed by atoms with Crippen molar-refractivity contribution in [2.75, 3.05) is 0 Å². The highest BCUT2D eigenvalue weighted by atomic mass is 16.1. The third kappa shape index (κ3) is 2.17. The Bertz CT molecular complexity index is 702. The summed E-state index contributed by atoms with van der Waals surface area (Å²) in [6, 6.07) is 5.08. The predicted octanol–water partition coefficient (Wildman–Crippen LogP) is 1.17. The van der Waals surface area contributed by atoms with Gasteiger partial charge in [-0.25, -0.2) is 0 Å². The summed E-state index contributed by atoms with van der Waals surface area (Å²) in [5.41, 5.74) is 2.88. The second kappa shape index (κ2) is 4.52. The minimum Gasteiger partial charge on any atom is -0.345 e. The number of aromatic nitrogens is 5. The third-order valence-electron chi connectivity index (χ3n) is 2.95. The van der Waals surface area contributed by atoms with Crippen LogP contribution in [0.5, 0.6) is 0 Å². The van der Waals surface area contributed by atoms with Gasteiger partial charge in [0.2, 0.25) is 0 Å². The first kappa shape index (κ1) is 11.4. The lowest BCUT2D eigenvalue weighted by atomic mass is 10.1. The molecule has 0 fully saturated rings. The number of hydrogen-bond donors (Lipinski definition) is 3. The van der Waals surface area contributed by atoms with Crippen molar-refractivity contribution < 1.29 is 4.79 Å². The van der Waals surface area contributed by atoms with E-state index >= 15 is 0 Å². The second-order valence-electron chi connectivity index (χ2n) is 4.25. The average Bonchev–Trinajstić information content (AvgIpc) is 3.09. The van der Waals surface area contributed by atoms with E-state index in [1.54, 1.807) is 30.6 Å². The van der Waals surface area contributed by atoms with Gasteiger partial charge in [-0.1, -0.05) is 0 Å². The molecular formula is C12H12N6O. The summed E-state index contributed by atoms with van der Waals surface area (Å²) < 4.78 is 0. The fourth-order valence-electron chi connectivity index (χ4n) is 1.84. The molecule has 1 unspecified atom stereocenters. The van der Waals surface area contributed by atoms with Crippen LogP contribution in [0.1, 0.15) is 28.9 Å². The summed E-state index contributed by atoms with van der Waals surface area (Å²) in [5, 5.41) is 19.9. The molecule has 0 bridgehead atoms. The summed E-state index contributed by atoms with van der Waals surface area (Å²) in [5.74, 6) is -0.154. The lowest BCUT2D eigenvalue weighted by Crippen LogP contribution is -2.26. The number of H-pyrrole nitrogens is 2. The van der Waals surface area contributed by atoms with Crippen LogP contribution in [0.25, 0.3) is 11.0 Å². The van der Waals surface area contributed by atoms with Gasteiger partial charge in [-0.15, -0.1) is 0 Å². The summed E-state index contributed by atoms with van der Waals surface area (Å²) in [4.78, 5) is 12.1. The van der Waals surface area contributed by atoms with Crippen LogP contribution in [0.4, 0.5) is 0 Å². The van der Waals surface area contributed by atoms with Crippen molar-refractivity contribution in [3.8, 4) is 0 Å². The Balaban J connectivity index is 1.79. The normalized spacial score (nSPS) is 12.5. The first-order valence-electron chi connectivity index (χ1n) is 5.84. The molecule has 7 nitrogen and oxygen atoms in total. The van der Waals surface area contributed by atoms with Crippen molar-refractivity contribution in [1.29, 1.82) is 0 Å². The fraction of sp³-hybridized carbons (Fsp3) is 0.167. The van der Waals surface area contributed by atoms with Gasteiger partial charge in [-0.05, 0) is 25.1 Å². The zero-order valence-corrected chi connectivity index (χ0v) is 10.2. The highest BCUT2D eigenvalue weighted by molar-refractivity contribution is 5.97. The highest BCUT2D eigenvalue weighted by Gasteiger charge is 2.13. The molecule has 0 aliphatic carbocycles. The van der Waals surface area contributed by atoms with Gasteiger partial charge in [0.15, 0.2) is 0 Å². The maximum atomic E-state index is 12.1. The maximum absolute atomic E-state index is 12.1. The molecule has 0 radical (unpaired) electrons. The monoisotopic (exact) mass is 256 g/mol. The minimum absolute atomic E-state index is 0.112. The Labute approximate surface area is 108 Å². The molecule has 19 heavy (non-hydrogen) atoms. The van der Waals surface area contributed by atoms with E-state index in [-0.39, 0.29) is 11.9 Å². The van der Waals surface area contributed by atoms with Crippen LogP contribution in [0.15, 0.2) is 30.6 Å². The fourth-order valence-corrected chi connectivity index (χ4v) is 1.84. The number of amides is 1. The van der Waals surface area contributed by atoms with Crippen LogP contribution in [-0.4, -0.2) is 31.5 Å². The topological polar surface area (TPSA) is 99.3 Å². The largest absolute Gasteiger partial charge is 0.345 e. The Morgan fingerprint density at radius 3 is 2.95 bits per heavy atom.